The number of aromatic nitrogens is 4. The third-order valence-corrected chi connectivity index (χ3v) is 5.14. The summed E-state index contributed by atoms with van der Waals surface area (Å²) in [7, 11) is 0. The third-order valence-electron chi connectivity index (χ3n) is 4.93. The molecule has 4 heterocycles. The number of amidine groups is 1. The summed E-state index contributed by atoms with van der Waals surface area (Å²) in [5.74, 6) is -0.942. The molecule has 0 saturated carbocycles. The van der Waals surface area contributed by atoms with Gasteiger partial charge in [0.2, 0.25) is 5.95 Å². The van der Waals surface area contributed by atoms with E-state index >= 15 is 0 Å². The van der Waals surface area contributed by atoms with Crippen molar-refractivity contribution in [2.75, 3.05) is 0 Å². The summed E-state index contributed by atoms with van der Waals surface area (Å²) in [6.45, 7) is 1.36. The Morgan fingerprint density at radius 3 is 2.71 bits per heavy atom. The van der Waals surface area contributed by atoms with Crippen LogP contribution in [0.4, 0.5) is 17.6 Å². The van der Waals surface area contributed by atoms with Gasteiger partial charge in [0.15, 0.2) is 6.10 Å². The van der Waals surface area contributed by atoms with Crippen LogP contribution < -0.4 is 5.73 Å². The molecule has 3 aromatic heterocycles. The van der Waals surface area contributed by atoms with Gasteiger partial charge >= 0.3 is 6.18 Å². The molecule has 3 aromatic rings. The lowest BCUT2D eigenvalue weighted by atomic mass is 9.85. The molecule has 4 rings (SSSR count). The van der Waals surface area contributed by atoms with Gasteiger partial charge in [-0.05, 0) is 24.6 Å². The molecule has 31 heavy (non-hydrogen) atoms. The number of halogens is 5. The van der Waals surface area contributed by atoms with E-state index in [4.69, 9.17) is 17.3 Å². The molecule has 1 aliphatic rings. The van der Waals surface area contributed by atoms with Crippen molar-refractivity contribution in [2.45, 2.75) is 37.6 Å². The predicted molar refractivity (Wildman–Crippen MR) is 104 cm³/mol. The maximum absolute atomic E-state index is 14.6. The van der Waals surface area contributed by atoms with E-state index in [-0.39, 0.29) is 12.0 Å². The molecule has 0 aliphatic carbocycles. The van der Waals surface area contributed by atoms with Gasteiger partial charge in [-0.25, -0.2) is 19.9 Å². The van der Waals surface area contributed by atoms with E-state index in [0.29, 0.717) is 27.3 Å². The van der Waals surface area contributed by atoms with Crippen LogP contribution in [0.25, 0.3) is 11.0 Å². The number of aliphatic imine (C=N–C) groups is 1. The number of nitrogens with two attached hydrogens (primary N) is 1. The average molecular weight is 455 g/mol. The molecule has 0 bridgehead atoms. The van der Waals surface area contributed by atoms with Crippen molar-refractivity contribution in [3.8, 4) is 0 Å². The Hall–Kier alpha value is -3.08. The average Bonchev–Trinajstić information content (AvgIpc) is 2.68. The van der Waals surface area contributed by atoms with Gasteiger partial charge in [0.1, 0.15) is 11.8 Å². The van der Waals surface area contributed by atoms with E-state index in [1.165, 1.54) is 31.7 Å². The van der Waals surface area contributed by atoms with E-state index in [9.17, 15) is 17.6 Å². The monoisotopic (exact) mass is 454 g/mol. The number of ether oxygens (including phenoxy) is 1. The zero-order chi connectivity index (χ0) is 22.4. The lowest BCUT2D eigenvalue weighted by Gasteiger charge is -2.35. The second-order valence-corrected chi connectivity index (χ2v) is 7.71. The third kappa shape index (κ3) is 4.22. The highest BCUT2D eigenvalue weighted by Gasteiger charge is 2.50. The van der Waals surface area contributed by atoms with E-state index in [1.807, 2.05) is 0 Å². The minimum Gasteiger partial charge on any atom is -0.452 e. The summed E-state index contributed by atoms with van der Waals surface area (Å²) in [6, 6.07) is 2.37. The minimum absolute atomic E-state index is 0.125. The molecule has 0 radical (unpaired) electrons. The Morgan fingerprint density at radius 2 is 1.97 bits per heavy atom. The number of hydrogen-bond acceptors (Lipinski definition) is 7. The molecule has 7 nitrogen and oxygen atoms in total. The highest BCUT2D eigenvalue weighted by Crippen LogP contribution is 2.40. The van der Waals surface area contributed by atoms with Crippen molar-refractivity contribution in [1.82, 2.24) is 19.9 Å². The normalized spacial score (nSPS) is 21.6. The first kappa shape index (κ1) is 21.2. The fourth-order valence-corrected chi connectivity index (χ4v) is 3.63. The van der Waals surface area contributed by atoms with Gasteiger partial charge in [-0.15, -0.1) is 0 Å². The highest BCUT2D eigenvalue weighted by atomic mass is 35.5. The molecule has 0 saturated heterocycles. The summed E-state index contributed by atoms with van der Waals surface area (Å²) >= 11 is 5.94. The van der Waals surface area contributed by atoms with Gasteiger partial charge in [-0.3, -0.25) is 4.98 Å². The summed E-state index contributed by atoms with van der Waals surface area (Å²) in [6.07, 6.45) is -3.29. The van der Waals surface area contributed by atoms with Gasteiger partial charge in [0.05, 0.1) is 21.8 Å². The zero-order valence-corrected chi connectivity index (χ0v) is 16.7. The molecule has 12 heteroatoms. The van der Waals surface area contributed by atoms with Crippen LogP contribution in [0.3, 0.4) is 0 Å². The lowest BCUT2D eigenvalue weighted by Crippen LogP contribution is -2.46. The number of nitrogens with zero attached hydrogens (tertiary/aromatic N) is 5. The number of fused-ring (bicyclic) bond motifs is 1. The van der Waals surface area contributed by atoms with E-state index < -0.39 is 36.2 Å². The molecule has 0 aromatic carbocycles. The number of rotatable bonds is 3. The van der Waals surface area contributed by atoms with Crippen LogP contribution in [0.15, 0.2) is 35.8 Å². The van der Waals surface area contributed by atoms with Crippen LogP contribution in [-0.4, -0.2) is 38.2 Å². The summed E-state index contributed by atoms with van der Waals surface area (Å²) in [5.41, 5.74) is 5.77. The van der Waals surface area contributed by atoms with Crippen molar-refractivity contribution in [3.05, 3.63) is 58.6 Å². The number of pyridine rings is 2. The van der Waals surface area contributed by atoms with E-state index in [0.717, 1.165) is 0 Å². The first-order valence-corrected chi connectivity index (χ1v) is 9.42. The molecule has 2 atom stereocenters. The molecule has 0 unspecified atom stereocenters. The maximum atomic E-state index is 14.6. The Bertz CT molecular complexity index is 1190. The molecule has 2 N–H and O–H groups in total. The van der Waals surface area contributed by atoms with Crippen LogP contribution in [0, 0.1) is 5.95 Å². The number of alkyl halides is 3. The maximum Gasteiger partial charge on any atom is 0.425 e. The van der Waals surface area contributed by atoms with Gasteiger partial charge in [-0.1, -0.05) is 11.6 Å². The summed E-state index contributed by atoms with van der Waals surface area (Å²) in [5, 5.41) is 0.407. The largest absolute Gasteiger partial charge is 0.452 e. The standard InChI is InChI=1S/C19H15ClF4N6O/c1-18(5-14(19(22,23)24)31-17(25)30-18)11-2-9(6-27-16(11)21)3-12-15-13(29-8-28-12)4-10(20)7-26-15/h2,4,6-8,14H,3,5H2,1H3,(H2,25,30)/t14-,18-/m0/s1. The van der Waals surface area contributed by atoms with Gasteiger partial charge in [0.25, 0.3) is 6.02 Å². The molecule has 1 aliphatic heterocycles. The zero-order valence-electron chi connectivity index (χ0n) is 16.0. The Balaban J connectivity index is 1.72. The summed E-state index contributed by atoms with van der Waals surface area (Å²) < 4.78 is 58.9. The Morgan fingerprint density at radius 1 is 1.19 bits per heavy atom. The van der Waals surface area contributed by atoms with Crippen LogP contribution in [0.2, 0.25) is 5.02 Å². The minimum atomic E-state index is -4.68. The van der Waals surface area contributed by atoms with E-state index in [1.54, 1.807) is 6.07 Å². The van der Waals surface area contributed by atoms with E-state index in [2.05, 4.69) is 29.7 Å². The molecular weight excluding hydrogens is 440 g/mol. The Kier molecular flexibility index (Phi) is 5.16. The van der Waals surface area contributed by atoms with Crippen LogP contribution >= 0.6 is 11.6 Å². The fourth-order valence-electron chi connectivity index (χ4n) is 3.48. The molecule has 0 fully saturated rings. The van der Waals surface area contributed by atoms with Crippen molar-refractivity contribution in [2.24, 2.45) is 10.7 Å². The van der Waals surface area contributed by atoms with Gasteiger partial charge in [-0.2, -0.15) is 17.6 Å². The fraction of sp³-hybridized carbons (Fsp3) is 0.316. The van der Waals surface area contributed by atoms with Crippen LogP contribution in [-0.2, 0) is 16.7 Å². The van der Waals surface area contributed by atoms with Crippen molar-refractivity contribution >= 4 is 28.7 Å². The van der Waals surface area contributed by atoms with Crippen molar-refractivity contribution in [1.29, 1.82) is 0 Å². The molecule has 162 valence electrons. The molecule has 0 amide bonds. The van der Waals surface area contributed by atoms with Gasteiger partial charge < -0.3 is 10.5 Å². The highest BCUT2D eigenvalue weighted by molar-refractivity contribution is 6.31. The SMILES string of the molecule is C[C@@]1(c2cc(Cc3ncnc4cc(Cl)cnc34)cnc2F)C[C@@H](C(F)(F)F)OC(N)=N1. The lowest BCUT2D eigenvalue weighted by molar-refractivity contribution is -0.208. The van der Waals surface area contributed by atoms with Crippen molar-refractivity contribution in [3.63, 3.8) is 0 Å². The molecule has 0 spiro atoms. The van der Waals surface area contributed by atoms with Crippen molar-refractivity contribution < 1.29 is 22.3 Å². The first-order chi connectivity index (χ1) is 14.5. The number of hydrogen-bond donors (Lipinski definition) is 1. The summed E-state index contributed by atoms with van der Waals surface area (Å²) in [4.78, 5) is 20.2. The second kappa shape index (κ2) is 7.56. The predicted octanol–water partition coefficient (Wildman–Crippen LogP) is 3.68. The van der Waals surface area contributed by atoms with Gasteiger partial charge in [0, 0.05) is 30.8 Å². The molecular formula is C19H15ClF4N6O. The van der Waals surface area contributed by atoms with Crippen LogP contribution in [0.5, 0.6) is 0 Å². The quantitative estimate of drug-likeness (QED) is 0.478. The second-order valence-electron chi connectivity index (χ2n) is 7.28. The smallest absolute Gasteiger partial charge is 0.425 e. The Labute approximate surface area is 178 Å². The topological polar surface area (TPSA) is 99.2 Å². The van der Waals surface area contributed by atoms with Crippen LogP contribution in [0.1, 0.15) is 30.2 Å². The first-order valence-electron chi connectivity index (χ1n) is 9.04.